The van der Waals surface area contributed by atoms with E-state index in [1.54, 1.807) is 24.4 Å². The lowest BCUT2D eigenvalue weighted by Gasteiger charge is -2.26. The molecule has 2 atom stereocenters. The monoisotopic (exact) mass is 577 g/mol. The van der Waals surface area contributed by atoms with Crippen LogP contribution in [-0.2, 0) is 15.8 Å². The Kier molecular flexibility index (Phi) is 8.10. The third kappa shape index (κ3) is 6.75. The summed E-state index contributed by atoms with van der Waals surface area (Å²) in [5.41, 5.74) is 3.72. The Hall–Kier alpha value is -4.21. The molecule has 1 aliphatic heterocycles. The molecule has 4 aromatic rings. The second kappa shape index (κ2) is 11.7. The first-order valence-corrected chi connectivity index (χ1v) is 14.8. The lowest BCUT2D eigenvalue weighted by molar-refractivity contribution is 0.254. The van der Waals surface area contributed by atoms with E-state index in [4.69, 9.17) is 6.57 Å². The highest BCUT2D eigenvalue weighted by Gasteiger charge is 2.22. The summed E-state index contributed by atoms with van der Waals surface area (Å²) in [7, 11) is -3.90. The van der Waals surface area contributed by atoms with Crippen LogP contribution < -0.4 is 15.4 Å². The van der Waals surface area contributed by atoms with E-state index in [2.05, 4.69) is 35.2 Å². The zero-order chi connectivity index (χ0) is 29.1. The van der Waals surface area contributed by atoms with Gasteiger partial charge in [0.15, 0.2) is 5.69 Å². The SMILES string of the molecule is [C-]#[N+]c1ccc(CS(=O)(=O)Nc2ccc(-c3cc(C(C)C)c4nc(N[C@@H]5CNC[C@@H](F)C5)ncc4n3)cc2F)cc1. The molecule has 0 bridgehead atoms. The van der Waals surface area contributed by atoms with Crippen molar-refractivity contribution in [2.24, 2.45) is 0 Å². The molecule has 9 nitrogen and oxygen atoms in total. The first-order chi connectivity index (χ1) is 19.6. The quantitative estimate of drug-likeness (QED) is 0.235. The van der Waals surface area contributed by atoms with Gasteiger partial charge in [-0.05, 0) is 35.2 Å². The van der Waals surface area contributed by atoms with Crippen molar-refractivity contribution in [2.75, 3.05) is 23.1 Å². The smallest absolute Gasteiger partial charge is 0.237 e. The maximum Gasteiger partial charge on any atom is 0.237 e. The number of sulfonamides is 1. The first kappa shape index (κ1) is 28.3. The molecule has 0 saturated carbocycles. The third-order valence-electron chi connectivity index (χ3n) is 6.78. The van der Waals surface area contributed by atoms with Crippen LogP contribution >= 0.6 is 0 Å². The summed E-state index contributed by atoms with van der Waals surface area (Å²) in [6.45, 7) is 12.0. The van der Waals surface area contributed by atoms with E-state index >= 15 is 4.39 Å². The van der Waals surface area contributed by atoms with Crippen molar-refractivity contribution in [3.8, 4) is 11.3 Å². The minimum atomic E-state index is -3.90. The van der Waals surface area contributed by atoms with Crippen LogP contribution in [0.3, 0.4) is 0 Å². The second-order valence-electron chi connectivity index (χ2n) is 10.3. The van der Waals surface area contributed by atoms with Crippen LogP contribution in [0, 0.1) is 12.4 Å². The van der Waals surface area contributed by atoms with E-state index < -0.39 is 22.0 Å². The Morgan fingerprint density at radius 3 is 2.59 bits per heavy atom. The predicted octanol–water partition coefficient (Wildman–Crippen LogP) is 5.56. The molecule has 3 heterocycles. The average molecular weight is 578 g/mol. The largest absolute Gasteiger partial charge is 0.350 e. The normalized spacial score (nSPS) is 17.4. The van der Waals surface area contributed by atoms with Gasteiger partial charge in [0.2, 0.25) is 16.0 Å². The van der Waals surface area contributed by atoms with Gasteiger partial charge in [0.1, 0.15) is 17.5 Å². The van der Waals surface area contributed by atoms with E-state index in [-0.39, 0.29) is 23.4 Å². The first-order valence-electron chi connectivity index (χ1n) is 13.2. The number of benzene rings is 2. The van der Waals surface area contributed by atoms with E-state index in [9.17, 15) is 12.8 Å². The van der Waals surface area contributed by atoms with E-state index in [1.165, 1.54) is 24.3 Å². The molecule has 12 heteroatoms. The molecule has 5 rings (SSSR count). The van der Waals surface area contributed by atoms with Crippen LogP contribution in [0.4, 0.5) is 26.1 Å². The summed E-state index contributed by atoms with van der Waals surface area (Å²) in [6, 6.07) is 12.1. The van der Waals surface area contributed by atoms with Crippen LogP contribution in [0.2, 0.25) is 0 Å². The standard InChI is InChI=1S/C29H29F2N7O2S/c1-17(2)23-12-26(36-27-15-34-29(37-28(23)27)35-22-11-20(30)13-33-14-22)19-6-9-25(24(31)10-19)38-41(39,40)16-18-4-7-21(32-3)8-5-18/h4-10,12,15,17,20,22,33,38H,11,13-14,16H2,1-2H3,(H,34,35,37)/t20-,22-/m0/s1. The average Bonchev–Trinajstić information content (AvgIpc) is 2.93. The Balaban J connectivity index is 1.38. The van der Waals surface area contributed by atoms with Crippen LogP contribution in [0.25, 0.3) is 27.1 Å². The number of halogens is 2. The summed E-state index contributed by atoms with van der Waals surface area (Å²) >= 11 is 0. The molecule has 1 aliphatic rings. The van der Waals surface area contributed by atoms with Crippen molar-refractivity contribution in [2.45, 2.75) is 44.2 Å². The number of hydrogen-bond donors (Lipinski definition) is 3. The van der Waals surface area contributed by atoms with Gasteiger partial charge in [-0.15, -0.1) is 0 Å². The van der Waals surface area contributed by atoms with Crippen LogP contribution in [-0.4, -0.2) is 48.7 Å². The van der Waals surface area contributed by atoms with E-state index in [0.717, 1.165) is 5.56 Å². The zero-order valence-corrected chi connectivity index (χ0v) is 23.3. The lowest BCUT2D eigenvalue weighted by Crippen LogP contribution is -2.44. The lowest BCUT2D eigenvalue weighted by atomic mass is 9.99. The molecule has 41 heavy (non-hydrogen) atoms. The molecule has 0 unspecified atom stereocenters. The Labute approximate surface area is 237 Å². The minimum absolute atomic E-state index is 0.0633. The molecule has 1 fully saturated rings. The van der Waals surface area contributed by atoms with E-state index in [1.807, 2.05) is 19.9 Å². The highest BCUT2D eigenvalue weighted by molar-refractivity contribution is 7.91. The number of piperidine rings is 1. The van der Waals surface area contributed by atoms with Gasteiger partial charge in [-0.25, -0.2) is 37.0 Å². The van der Waals surface area contributed by atoms with Crippen molar-refractivity contribution in [3.05, 3.63) is 83.1 Å². The number of rotatable bonds is 8. The van der Waals surface area contributed by atoms with Gasteiger partial charge in [0.05, 0.1) is 35.4 Å². The summed E-state index contributed by atoms with van der Waals surface area (Å²) in [4.78, 5) is 17.0. The van der Waals surface area contributed by atoms with Gasteiger partial charge in [-0.3, -0.25) is 4.72 Å². The molecule has 2 aromatic carbocycles. The van der Waals surface area contributed by atoms with Crippen LogP contribution in [0.5, 0.6) is 0 Å². The molecule has 2 aromatic heterocycles. The summed E-state index contributed by atoms with van der Waals surface area (Å²) < 4.78 is 56.6. The van der Waals surface area contributed by atoms with Gasteiger partial charge in [-0.1, -0.05) is 44.2 Å². The van der Waals surface area contributed by atoms with Crippen molar-refractivity contribution in [1.29, 1.82) is 0 Å². The molecule has 0 spiro atoms. The summed E-state index contributed by atoms with van der Waals surface area (Å²) in [5.74, 6) is -0.655. The van der Waals surface area contributed by atoms with Crippen LogP contribution in [0.1, 0.15) is 37.3 Å². The van der Waals surface area contributed by atoms with Crippen molar-refractivity contribution in [3.63, 3.8) is 0 Å². The number of nitrogens with one attached hydrogen (secondary N) is 3. The fourth-order valence-electron chi connectivity index (χ4n) is 4.73. The summed E-state index contributed by atoms with van der Waals surface area (Å²) in [5, 5.41) is 6.25. The zero-order valence-electron chi connectivity index (χ0n) is 22.5. The molecule has 0 amide bonds. The van der Waals surface area contributed by atoms with Gasteiger partial charge in [0.25, 0.3) is 0 Å². The number of anilines is 2. The number of hydrogen-bond acceptors (Lipinski definition) is 7. The molecule has 3 N–H and O–H groups in total. The van der Waals surface area contributed by atoms with Gasteiger partial charge in [-0.2, -0.15) is 0 Å². The topological polar surface area (TPSA) is 113 Å². The molecule has 212 valence electrons. The summed E-state index contributed by atoms with van der Waals surface area (Å²) in [6.07, 6.45) is 1.03. The van der Waals surface area contributed by atoms with E-state index in [0.29, 0.717) is 59.0 Å². The number of pyridine rings is 1. The van der Waals surface area contributed by atoms with Gasteiger partial charge < -0.3 is 10.6 Å². The number of alkyl halides is 1. The Morgan fingerprint density at radius 2 is 1.90 bits per heavy atom. The molecular weight excluding hydrogens is 548 g/mol. The van der Waals surface area contributed by atoms with Crippen molar-refractivity contribution >= 4 is 38.4 Å². The van der Waals surface area contributed by atoms with Gasteiger partial charge >= 0.3 is 0 Å². The molecule has 1 saturated heterocycles. The van der Waals surface area contributed by atoms with Crippen molar-refractivity contribution in [1.82, 2.24) is 20.3 Å². The third-order valence-corrected chi connectivity index (χ3v) is 8.02. The molecule has 0 radical (unpaired) electrons. The number of nitrogens with zero attached hydrogens (tertiary/aromatic N) is 4. The highest BCUT2D eigenvalue weighted by Crippen LogP contribution is 2.31. The van der Waals surface area contributed by atoms with Crippen LogP contribution in [0.15, 0.2) is 54.7 Å². The number of aromatic nitrogens is 3. The van der Waals surface area contributed by atoms with Gasteiger partial charge in [0, 0.05) is 31.1 Å². The Bertz CT molecular complexity index is 1720. The second-order valence-corrected chi connectivity index (χ2v) is 12.1. The number of fused-ring (bicyclic) bond motifs is 1. The minimum Gasteiger partial charge on any atom is -0.350 e. The van der Waals surface area contributed by atoms with Crippen molar-refractivity contribution < 1.29 is 17.2 Å². The fourth-order valence-corrected chi connectivity index (χ4v) is 5.94. The molecular formula is C29H29F2N7O2S. The maximum atomic E-state index is 15.1. The maximum absolute atomic E-state index is 15.1. The fraction of sp³-hybridized carbons (Fsp3) is 0.310. The predicted molar refractivity (Wildman–Crippen MR) is 156 cm³/mol. The highest BCUT2D eigenvalue weighted by atomic mass is 32.2. The Morgan fingerprint density at radius 1 is 1.12 bits per heavy atom. The molecule has 0 aliphatic carbocycles.